The number of nitrogens with one attached hydrogen (secondary N) is 1. The third-order valence-electron chi connectivity index (χ3n) is 6.32. The molecule has 0 unspecified atom stereocenters. The molecule has 2 N–H and O–H groups in total. The van der Waals surface area contributed by atoms with Crippen molar-refractivity contribution in [1.82, 2.24) is 10.2 Å². The van der Waals surface area contributed by atoms with Gasteiger partial charge in [-0.2, -0.15) is 5.26 Å². The lowest BCUT2D eigenvalue weighted by Gasteiger charge is -2.21. The summed E-state index contributed by atoms with van der Waals surface area (Å²) in [6, 6.07) is 14.4. The number of nitrogens with zero attached hydrogens (tertiary/aromatic N) is 2. The van der Waals surface area contributed by atoms with E-state index in [2.05, 4.69) is 5.32 Å². The van der Waals surface area contributed by atoms with Gasteiger partial charge in [-0.3, -0.25) is 4.79 Å². The first-order chi connectivity index (χ1) is 16.7. The van der Waals surface area contributed by atoms with Crippen LogP contribution >= 0.6 is 0 Å². The van der Waals surface area contributed by atoms with Gasteiger partial charge in [0.05, 0.1) is 12.6 Å². The standard InChI is InChI=1S/C25H23F2N3O5/c26-25(27)11-15(12-28)30(14-25)22(31)10-9-21(23(32)33)29-24(34)35-13-20-18-7-3-1-5-16(18)17-6-2-4-8-19(17)20/h1-8,15,20-21H,9-11,13-14H2,(H,29,34)(H,32,33)/t15-,21-/m0/s1. The fourth-order valence-electron chi connectivity index (χ4n) is 4.65. The van der Waals surface area contributed by atoms with E-state index in [1.807, 2.05) is 48.5 Å². The number of rotatable bonds is 7. The van der Waals surface area contributed by atoms with Crippen molar-refractivity contribution < 1.29 is 33.0 Å². The lowest BCUT2D eigenvalue weighted by atomic mass is 9.98. The number of carboxylic acid groups (broad SMARTS) is 1. The van der Waals surface area contributed by atoms with Gasteiger partial charge in [0, 0.05) is 18.8 Å². The van der Waals surface area contributed by atoms with Crippen LogP contribution in [0.2, 0.25) is 0 Å². The summed E-state index contributed by atoms with van der Waals surface area (Å²) in [6.45, 7) is -0.903. The van der Waals surface area contributed by atoms with E-state index in [1.165, 1.54) is 0 Å². The molecular weight excluding hydrogens is 460 g/mol. The highest BCUT2D eigenvalue weighted by molar-refractivity contribution is 5.82. The monoisotopic (exact) mass is 483 g/mol. The molecular formula is C25H23F2N3O5. The quantitative estimate of drug-likeness (QED) is 0.622. The molecule has 2 atom stereocenters. The Morgan fingerprint density at radius 1 is 1.14 bits per heavy atom. The van der Waals surface area contributed by atoms with Gasteiger partial charge in [0.2, 0.25) is 5.91 Å². The van der Waals surface area contributed by atoms with Crippen LogP contribution in [-0.4, -0.2) is 59.1 Å². The predicted octanol–water partition coefficient (Wildman–Crippen LogP) is 3.52. The molecule has 1 fully saturated rings. The smallest absolute Gasteiger partial charge is 0.407 e. The van der Waals surface area contributed by atoms with Crippen molar-refractivity contribution in [3.63, 3.8) is 0 Å². The third-order valence-corrected chi connectivity index (χ3v) is 6.32. The molecule has 8 nitrogen and oxygen atoms in total. The zero-order valence-electron chi connectivity index (χ0n) is 18.6. The van der Waals surface area contributed by atoms with Gasteiger partial charge in [-0.25, -0.2) is 18.4 Å². The molecule has 2 aromatic carbocycles. The zero-order valence-corrected chi connectivity index (χ0v) is 18.6. The highest BCUT2D eigenvalue weighted by atomic mass is 19.3. The number of carbonyl (C=O) groups excluding carboxylic acids is 2. The minimum Gasteiger partial charge on any atom is -0.480 e. The van der Waals surface area contributed by atoms with Gasteiger partial charge >= 0.3 is 12.1 Å². The average molecular weight is 483 g/mol. The average Bonchev–Trinajstić information content (AvgIpc) is 3.33. The van der Waals surface area contributed by atoms with E-state index >= 15 is 0 Å². The van der Waals surface area contributed by atoms with Gasteiger partial charge in [0.15, 0.2) is 0 Å². The first-order valence-electron chi connectivity index (χ1n) is 11.1. The lowest BCUT2D eigenvalue weighted by Crippen LogP contribution is -2.43. The normalized spacial score (nSPS) is 18.8. The van der Waals surface area contributed by atoms with Crippen molar-refractivity contribution in [3.8, 4) is 17.2 Å². The first kappa shape index (κ1) is 24.1. The number of carbonyl (C=O) groups is 3. The van der Waals surface area contributed by atoms with Crippen LogP contribution in [0.25, 0.3) is 11.1 Å². The molecule has 0 bridgehead atoms. The number of carboxylic acids is 1. The molecule has 1 aliphatic carbocycles. The van der Waals surface area contributed by atoms with Crippen LogP contribution in [0.15, 0.2) is 48.5 Å². The van der Waals surface area contributed by atoms with Gasteiger partial charge < -0.3 is 20.1 Å². The molecule has 0 aromatic heterocycles. The Balaban J connectivity index is 1.34. The summed E-state index contributed by atoms with van der Waals surface area (Å²) >= 11 is 0. The van der Waals surface area contributed by atoms with Crippen LogP contribution in [-0.2, 0) is 14.3 Å². The maximum atomic E-state index is 13.6. The Labute approximate surface area is 200 Å². The Morgan fingerprint density at radius 2 is 1.74 bits per heavy atom. The van der Waals surface area contributed by atoms with Crippen molar-refractivity contribution in [2.24, 2.45) is 0 Å². The van der Waals surface area contributed by atoms with Gasteiger partial charge in [-0.05, 0) is 28.7 Å². The van der Waals surface area contributed by atoms with E-state index in [9.17, 15) is 28.3 Å². The van der Waals surface area contributed by atoms with Crippen LogP contribution in [0.3, 0.4) is 0 Å². The summed E-state index contributed by atoms with van der Waals surface area (Å²) in [5, 5.41) is 20.7. The number of halogens is 2. The molecule has 2 aromatic rings. The largest absolute Gasteiger partial charge is 0.480 e. The second-order valence-electron chi connectivity index (χ2n) is 8.63. The minimum absolute atomic E-state index is 0.0160. The molecule has 1 saturated heterocycles. The van der Waals surface area contributed by atoms with Crippen LogP contribution in [0.4, 0.5) is 13.6 Å². The van der Waals surface area contributed by atoms with E-state index in [-0.39, 0.29) is 18.9 Å². The highest BCUT2D eigenvalue weighted by Gasteiger charge is 2.47. The molecule has 0 spiro atoms. The molecule has 2 amide bonds. The van der Waals surface area contributed by atoms with E-state index < -0.39 is 55.4 Å². The van der Waals surface area contributed by atoms with Crippen molar-refractivity contribution in [2.75, 3.05) is 13.2 Å². The van der Waals surface area contributed by atoms with Gasteiger partial charge in [0.1, 0.15) is 18.7 Å². The van der Waals surface area contributed by atoms with Crippen LogP contribution in [0.5, 0.6) is 0 Å². The summed E-state index contributed by atoms with van der Waals surface area (Å²) in [7, 11) is 0. The maximum Gasteiger partial charge on any atom is 0.407 e. The number of benzene rings is 2. The zero-order chi connectivity index (χ0) is 25.2. The second kappa shape index (κ2) is 9.70. The SMILES string of the molecule is N#C[C@@H]1CC(F)(F)CN1C(=O)CC[C@H](NC(=O)OCC1c2ccccc2-c2ccccc21)C(=O)O. The number of nitriles is 1. The second-order valence-corrected chi connectivity index (χ2v) is 8.63. The number of alkyl halides is 2. The summed E-state index contributed by atoms with van der Waals surface area (Å²) in [6.07, 6.45) is -2.47. The topological polar surface area (TPSA) is 120 Å². The first-order valence-corrected chi connectivity index (χ1v) is 11.1. The number of ether oxygens (including phenoxy) is 1. The Kier molecular flexibility index (Phi) is 6.69. The molecule has 4 rings (SSSR count). The number of hydrogen-bond donors (Lipinski definition) is 2. The number of aliphatic carboxylic acids is 1. The summed E-state index contributed by atoms with van der Waals surface area (Å²) in [5.41, 5.74) is 4.08. The number of amides is 2. The molecule has 2 aliphatic rings. The van der Waals surface area contributed by atoms with Crippen molar-refractivity contribution >= 4 is 18.0 Å². The summed E-state index contributed by atoms with van der Waals surface area (Å²) in [5.74, 6) is -5.54. The number of alkyl carbamates (subject to hydrolysis) is 1. The van der Waals surface area contributed by atoms with Crippen LogP contribution < -0.4 is 5.32 Å². The Bertz CT molecular complexity index is 1150. The molecule has 1 aliphatic heterocycles. The van der Waals surface area contributed by atoms with E-state index in [4.69, 9.17) is 10.00 Å². The van der Waals surface area contributed by atoms with E-state index in [1.54, 1.807) is 6.07 Å². The van der Waals surface area contributed by atoms with E-state index in [0.717, 1.165) is 27.2 Å². The van der Waals surface area contributed by atoms with Crippen LogP contribution in [0, 0.1) is 11.3 Å². The molecule has 0 radical (unpaired) electrons. The molecule has 0 saturated carbocycles. The van der Waals surface area contributed by atoms with Crippen molar-refractivity contribution in [1.29, 1.82) is 5.26 Å². The van der Waals surface area contributed by atoms with Crippen molar-refractivity contribution in [2.45, 2.75) is 43.2 Å². The third kappa shape index (κ3) is 5.09. The fraction of sp³-hybridized carbons (Fsp3) is 0.360. The van der Waals surface area contributed by atoms with Gasteiger partial charge in [0.25, 0.3) is 5.92 Å². The van der Waals surface area contributed by atoms with Crippen LogP contribution in [0.1, 0.15) is 36.3 Å². The van der Waals surface area contributed by atoms with Gasteiger partial charge in [-0.1, -0.05) is 48.5 Å². The number of likely N-dealkylation sites (tertiary alicyclic amines) is 1. The molecule has 1 heterocycles. The van der Waals surface area contributed by atoms with Crippen molar-refractivity contribution in [3.05, 3.63) is 59.7 Å². The molecule has 35 heavy (non-hydrogen) atoms. The minimum atomic E-state index is -3.16. The highest BCUT2D eigenvalue weighted by Crippen LogP contribution is 2.44. The Hall–Kier alpha value is -4.00. The summed E-state index contributed by atoms with van der Waals surface area (Å²) < 4.78 is 32.5. The Morgan fingerprint density at radius 3 is 2.31 bits per heavy atom. The fourth-order valence-corrected chi connectivity index (χ4v) is 4.65. The maximum absolute atomic E-state index is 13.6. The molecule has 10 heteroatoms. The predicted molar refractivity (Wildman–Crippen MR) is 120 cm³/mol. The molecule has 182 valence electrons. The number of hydrogen-bond acceptors (Lipinski definition) is 5. The van der Waals surface area contributed by atoms with Gasteiger partial charge in [-0.15, -0.1) is 0 Å². The summed E-state index contributed by atoms with van der Waals surface area (Å²) in [4.78, 5) is 37.1. The lowest BCUT2D eigenvalue weighted by molar-refractivity contribution is -0.140. The number of fused-ring (bicyclic) bond motifs is 3. The van der Waals surface area contributed by atoms with E-state index in [0.29, 0.717) is 0 Å².